The highest BCUT2D eigenvalue weighted by atomic mass is 16.5. The molecule has 2 aromatic heterocycles. The molecule has 2 aliphatic rings. The Hall–Kier alpha value is -2.06. The van der Waals surface area contributed by atoms with Crippen LogP contribution in [0.4, 0.5) is 0 Å². The van der Waals surface area contributed by atoms with Crippen molar-refractivity contribution in [1.29, 1.82) is 0 Å². The summed E-state index contributed by atoms with van der Waals surface area (Å²) in [5.74, 6) is 1.90. The number of hydrogen-bond acceptors (Lipinski definition) is 6. The monoisotopic (exact) mass is 358 g/mol. The first kappa shape index (κ1) is 17.4. The van der Waals surface area contributed by atoms with Crippen LogP contribution in [0.15, 0.2) is 29.6 Å². The average molecular weight is 358 g/mol. The van der Waals surface area contributed by atoms with Crippen LogP contribution in [-0.2, 0) is 11.3 Å². The third-order valence-corrected chi connectivity index (χ3v) is 5.50. The lowest BCUT2D eigenvalue weighted by Crippen LogP contribution is -2.40. The van der Waals surface area contributed by atoms with Crippen molar-refractivity contribution in [3.05, 3.63) is 35.1 Å². The molecule has 0 aromatic carbocycles. The van der Waals surface area contributed by atoms with Crippen molar-refractivity contribution in [2.75, 3.05) is 32.8 Å². The third-order valence-electron chi connectivity index (χ3n) is 5.50. The van der Waals surface area contributed by atoms with Crippen molar-refractivity contribution in [1.82, 2.24) is 29.4 Å². The fourth-order valence-electron chi connectivity index (χ4n) is 3.91. The van der Waals surface area contributed by atoms with E-state index in [0.717, 1.165) is 45.1 Å². The second kappa shape index (κ2) is 8.09. The van der Waals surface area contributed by atoms with Crippen LogP contribution >= 0.6 is 0 Å². The molecule has 8 heteroatoms. The molecule has 0 bridgehead atoms. The topological polar surface area (TPSA) is 78.1 Å². The molecule has 0 spiro atoms. The van der Waals surface area contributed by atoms with Gasteiger partial charge in [0.2, 0.25) is 0 Å². The minimum Gasteiger partial charge on any atom is -0.381 e. The van der Waals surface area contributed by atoms with E-state index in [0.29, 0.717) is 18.3 Å². The van der Waals surface area contributed by atoms with Crippen LogP contribution in [0.25, 0.3) is 5.82 Å². The van der Waals surface area contributed by atoms with E-state index in [1.807, 2.05) is 0 Å². The maximum Gasteiger partial charge on any atom is 0.266 e. The molecule has 4 rings (SSSR count). The molecule has 0 saturated carbocycles. The van der Waals surface area contributed by atoms with Crippen molar-refractivity contribution in [2.45, 2.75) is 32.2 Å². The van der Waals surface area contributed by atoms with Gasteiger partial charge in [-0.2, -0.15) is 5.10 Å². The summed E-state index contributed by atoms with van der Waals surface area (Å²) < 4.78 is 8.61. The van der Waals surface area contributed by atoms with Gasteiger partial charge in [0.25, 0.3) is 5.56 Å². The van der Waals surface area contributed by atoms with Crippen LogP contribution in [0.1, 0.15) is 25.7 Å². The maximum absolute atomic E-state index is 12.2. The molecule has 0 amide bonds. The number of ether oxygens (including phenoxy) is 1. The van der Waals surface area contributed by atoms with Gasteiger partial charge >= 0.3 is 0 Å². The normalized spacial score (nSPS) is 20.5. The first-order valence-electron chi connectivity index (χ1n) is 9.51. The Morgan fingerprint density at radius 2 is 1.81 bits per heavy atom. The number of rotatable bonds is 5. The largest absolute Gasteiger partial charge is 0.381 e. The van der Waals surface area contributed by atoms with Gasteiger partial charge in [-0.25, -0.2) is 14.3 Å². The van der Waals surface area contributed by atoms with Crippen LogP contribution < -0.4 is 5.56 Å². The van der Waals surface area contributed by atoms with Crippen LogP contribution in [0.5, 0.6) is 0 Å². The van der Waals surface area contributed by atoms with Crippen LogP contribution in [0.2, 0.25) is 0 Å². The standard InChI is InChI=1S/C18H26N6O2/c25-18-2-1-17(24-14-19-13-20-24)21-23(18)12-15-3-7-22(8-4-15)11-16-5-9-26-10-6-16/h1-2,13-16H,3-12H2. The van der Waals surface area contributed by atoms with Gasteiger partial charge in [-0.3, -0.25) is 4.79 Å². The molecule has 0 radical (unpaired) electrons. The van der Waals surface area contributed by atoms with Crippen LogP contribution in [0.3, 0.4) is 0 Å². The van der Waals surface area contributed by atoms with Gasteiger partial charge in [-0.05, 0) is 56.7 Å². The summed E-state index contributed by atoms with van der Waals surface area (Å²) in [7, 11) is 0. The van der Waals surface area contributed by atoms with E-state index in [1.165, 1.54) is 25.7 Å². The van der Waals surface area contributed by atoms with Gasteiger partial charge in [0.15, 0.2) is 5.82 Å². The second-order valence-corrected chi connectivity index (χ2v) is 7.35. The zero-order chi connectivity index (χ0) is 17.8. The van der Waals surface area contributed by atoms with E-state index >= 15 is 0 Å². The number of hydrogen-bond donors (Lipinski definition) is 0. The zero-order valence-electron chi connectivity index (χ0n) is 15.0. The summed E-state index contributed by atoms with van der Waals surface area (Å²) in [6, 6.07) is 3.24. The molecule has 2 fully saturated rings. The summed E-state index contributed by atoms with van der Waals surface area (Å²) in [5.41, 5.74) is -0.0569. The van der Waals surface area contributed by atoms with Gasteiger partial charge in [0.05, 0.1) is 0 Å². The van der Waals surface area contributed by atoms with E-state index in [4.69, 9.17) is 4.74 Å². The minimum absolute atomic E-state index is 0.0569. The average Bonchev–Trinajstić information content (AvgIpc) is 3.21. The van der Waals surface area contributed by atoms with Crippen molar-refractivity contribution in [3.8, 4) is 5.82 Å². The second-order valence-electron chi connectivity index (χ2n) is 7.35. The van der Waals surface area contributed by atoms with Crippen LogP contribution in [-0.4, -0.2) is 62.3 Å². The minimum atomic E-state index is -0.0569. The summed E-state index contributed by atoms with van der Waals surface area (Å²) in [6.45, 7) is 5.91. The summed E-state index contributed by atoms with van der Waals surface area (Å²) in [6.07, 6.45) is 7.66. The first-order valence-corrected chi connectivity index (χ1v) is 9.51. The van der Waals surface area contributed by atoms with Gasteiger partial charge in [-0.1, -0.05) is 0 Å². The maximum atomic E-state index is 12.2. The SMILES string of the molecule is O=c1ccc(-n2cncn2)nn1CC1CCN(CC2CCOCC2)CC1. The first-order chi connectivity index (χ1) is 12.8. The highest BCUT2D eigenvalue weighted by Gasteiger charge is 2.23. The highest BCUT2D eigenvalue weighted by molar-refractivity contribution is 5.16. The van der Waals surface area contributed by atoms with E-state index < -0.39 is 0 Å². The molecule has 140 valence electrons. The van der Waals surface area contributed by atoms with Crippen molar-refractivity contribution >= 4 is 0 Å². The van der Waals surface area contributed by atoms with Gasteiger partial charge in [0.1, 0.15) is 12.7 Å². The van der Waals surface area contributed by atoms with E-state index in [2.05, 4.69) is 20.1 Å². The zero-order valence-corrected chi connectivity index (χ0v) is 15.0. The molecule has 26 heavy (non-hydrogen) atoms. The predicted octanol–water partition coefficient (Wildman–Crippen LogP) is 0.963. The highest BCUT2D eigenvalue weighted by Crippen LogP contribution is 2.22. The molecule has 4 heterocycles. The Kier molecular flexibility index (Phi) is 5.40. The molecular weight excluding hydrogens is 332 g/mol. The summed E-state index contributed by atoms with van der Waals surface area (Å²) in [5, 5.41) is 8.54. The van der Waals surface area contributed by atoms with Gasteiger partial charge in [0, 0.05) is 32.4 Å². The lowest BCUT2D eigenvalue weighted by Gasteiger charge is -2.35. The Morgan fingerprint density at radius 3 is 2.54 bits per heavy atom. The Morgan fingerprint density at radius 1 is 1.04 bits per heavy atom. The molecule has 0 N–H and O–H groups in total. The van der Waals surface area contributed by atoms with Gasteiger partial charge < -0.3 is 9.64 Å². The van der Waals surface area contributed by atoms with Crippen molar-refractivity contribution in [2.24, 2.45) is 11.8 Å². The number of aromatic nitrogens is 5. The Balaban J connectivity index is 1.33. The molecule has 2 aliphatic heterocycles. The molecule has 0 unspecified atom stereocenters. The molecular formula is C18H26N6O2. The summed E-state index contributed by atoms with van der Waals surface area (Å²) in [4.78, 5) is 18.7. The lowest BCUT2D eigenvalue weighted by molar-refractivity contribution is 0.0459. The smallest absolute Gasteiger partial charge is 0.266 e. The van der Waals surface area contributed by atoms with Crippen molar-refractivity contribution < 1.29 is 4.74 Å². The van der Waals surface area contributed by atoms with E-state index in [9.17, 15) is 4.79 Å². The molecule has 8 nitrogen and oxygen atoms in total. The predicted molar refractivity (Wildman–Crippen MR) is 96.1 cm³/mol. The Labute approximate surface area is 152 Å². The Bertz CT molecular complexity index is 745. The molecule has 2 saturated heterocycles. The third kappa shape index (κ3) is 4.19. The molecule has 0 atom stereocenters. The number of likely N-dealkylation sites (tertiary alicyclic amines) is 1. The summed E-state index contributed by atoms with van der Waals surface area (Å²) >= 11 is 0. The quantitative estimate of drug-likeness (QED) is 0.792. The molecule has 0 aliphatic carbocycles. The fraction of sp³-hybridized carbons (Fsp3) is 0.667. The molecule has 2 aromatic rings. The van der Waals surface area contributed by atoms with E-state index in [-0.39, 0.29) is 5.56 Å². The van der Waals surface area contributed by atoms with Crippen molar-refractivity contribution in [3.63, 3.8) is 0 Å². The number of piperidine rings is 1. The van der Waals surface area contributed by atoms with E-state index in [1.54, 1.807) is 27.8 Å². The number of nitrogens with zero attached hydrogens (tertiary/aromatic N) is 6. The lowest BCUT2D eigenvalue weighted by atomic mass is 9.94. The van der Waals surface area contributed by atoms with Gasteiger partial charge in [-0.15, -0.1) is 5.10 Å². The fourth-order valence-corrected chi connectivity index (χ4v) is 3.91. The van der Waals surface area contributed by atoms with Crippen LogP contribution in [0, 0.1) is 11.8 Å².